The van der Waals surface area contributed by atoms with Gasteiger partial charge in [-0.25, -0.2) is 0 Å². The van der Waals surface area contributed by atoms with Crippen molar-refractivity contribution < 1.29 is 0 Å². The lowest BCUT2D eigenvalue weighted by atomic mass is 10.4. The van der Waals surface area contributed by atoms with E-state index in [0.717, 1.165) is 3.57 Å². The molecule has 0 amide bonds. The highest BCUT2D eigenvalue weighted by atomic mass is 127. The van der Waals surface area contributed by atoms with Gasteiger partial charge in [0.2, 0.25) is 5.95 Å². The van der Waals surface area contributed by atoms with Crippen molar-refractivity contribution in [3.8, 4) is 0 Å². The number of halogens is 1. The number of nitrogens with one attached hydrogen (secondary N) is 2. The molecule has 12 heavy (non-hydrogen) atoms. The van der Waals surface area contributed by atoms with Gasteiger partial charge in [-0.1, -0.05) is 0 Å². The largest absolute Gasteiger partial charge is 0.369 e. The van der Waals surface area contributed by atoms with Gasteiger partial charge in [-0.3, -0.25) is 9.78 Å². The minimum Gasteiger partial charge on any atom is -0.369 e. The lowest BCUT2D eigenvalue weighted by Crippen LogP contribution is -2.10. The first-order valence-electron chi connectivity index (χ1n) is 3.21. The molecule has 0 spiro atoms. The van der Waals surface area contributed by atoms with Gasteiger partial charge in [0.05, 0.1) is 5.39 Å². The van der Waals surface area contributed by atoms with Gasteiger partial charge in [-0.15, -0.1) is 0 Å². The van der Waals surface area contributed by atoms with Crippen molar-refractivity contribution >= 4 is 39.6 Å². The Morgan fingerprint density at radius 1 is 1.58 bits per heavy atom. The van der Waals surface area contributed by atoms with Crippen LogP contribution in [0.4, 0.5) is 5.95 Å². The first-order valence-corrected chi connectivity index (χ1v) is 4.29. The van der Waals surface area contributed by atoms with Gasteiger partial charge in [0, 0.05) is 9.77 Å². The van der Waals surface area contributed by atoms with Crippen LogP contribution in [0.3, 0.4) is 0 Å². The molecule has 2 rings (SSSR count). The Morgan fingerprint density at radius 2 is 2.33 bits per heavy atom. The van der Waals surface area contributed by atoms with E-state index < -0.39 is 0 Å². The van der Waals surface area contributed by atoms with Crippen LogP contribution in [0.1, 0.15) is 0 Å². The fourth-order valence-corrected chi connectivity index (χ4v) is 1.68. The highest BCUT2D eigenvalue weighted by molar-refractivity contribution is 14.1. The topological polar surface area (TPSA) is 87.6 Å². The van der Waals surface area contributed by atoms with E-state index in [-0.39, 0.29) is 11.5 Å². The smallest absolute Gasteiger partial charge is 0.262 e. The molecule has 0 saturated carbocycles. The number of aromatic nitrogens is 3. The summed E-state index contributed by atoms with van der Waals surface area (Å²) in [6.07, 6.45) is 1.72. The third kappa shape index (κ3) is 0.986. The van der Waals surface area contributed by atoms with Crippen LogP contribution >= 0.6 is 22.6 Å². The van der Waals surface area contributed by atoms with E-state index in [1.54, 1.807) is 6.20 Å². The van der Waals surface area contributed by atoms with Crippen LogP contribution in [-0.4, -0.2) is 15.0 Å². The Balaban J connectivity index is 3.03. The quantitative estimate of drug-likeness (QED) is 0.610. The molecule has 0 saturated heterocycles. The predicted octanol–water partition coefficient (Wildman–Crippen LogP) is 0.438. The molecular formula is C6H5IN4O. The zero-order valence-electron chi connectivity index (χ0n) is 5.89. The first kappa shape index (κ1) is 7.59. The molecule has 0 atom stereocenters. The first-order chi connectivity index (χ1) is 5.68. The molecule has 62 valence electrons. The summed E-state index contributed by atoms with van der Waals surface area (Å²) in [6, 6.07) is 0. The zero-order chi connectivity index (χ0) is 8.72. The number of hydrogen-bond donors (Lipinski definition) is 3. The van der Waals surface area contributed by atoms with E-state index in [1.807, 2.05) is 0 Å². The maximum atomic E-state index is 11.3. The van der Waals surface area contributed by atoms with Gasteiger partial charge in [-0.05, 0) is 22.6 Å². The van der Waals surface area contributed by atoms with Gasteiger partial charge < -0.3 is 10.7 Å². The highest BCUT2D eigenvalue weighted by Gasteiger charge is 2.06. The molecule has 5 nitrogen and oxygen atoms in total. The third-order valence-corrected chi connectivity index (χ3v) is 2.36. The Kier molecular flexibility index (Phi) is 1.56. The van der Waals surface area contributed by atoms with Crippen LogP contribution in [0.5, 0.6) is 0 Å². The number of rotatable bonds is 0. The van der Waals surface area contributed by atoms with Crippen molar-refractivity contribution in [1.82, 2.24) is 15.0 Å². The normalized spacial score (nSPS) is 10.8. The molecule has 0 radical (unpaired) electrons. The van der Waals surface area contributed by atoms with Crippen LogP contribution < -0.4 is 11.3 Å². The highest BCUT2D eigenvalue weighted by Crippen LogP contribution is 2.13. The summed E-state index contributed by atoms with van der Waals surface area (Å²) in [4.78, 5) is 20.5. The number of aromatic amines is 2. The molecule has 0 bridgehead atoms. The Hall–Kier alpha value is -1.05. The molecule has 4 N–H and O–H groups in total. The van der Waals surface area contributed by atoms with Crippen LogP contribution in [0.25, 0.3) is 11.0 Å². The molecule has 2 aromatic rings. The zero-order valence-corrected chi connectivity index (χ0v) is 8.05. The van der Waals surface area contributed by atoms with Crippen molar-refractivity contribution in [3.63, 3.8) is 0 Å². The minimum atomic E-state index is -0.205. The molecule has 0 fully saturated rings. The summed E-state index contributed by atoms with van der Waals surface area (Å²) in [7, 11) is 0. The summed E-state index contributed by atoms with van der Waals surface area (Å²) in [5.41, 5.74) is 5.67. The van der Waals surface area contributed by atoms with Gasteiger partial charge in [0.15, 0.2) is 0 Å². The molecule has 2 aromatic heterocycles. The number of H-pyrrole nitrogens is 2. The van der Waals surface area contributed by atoms with Crippen molar-refractivity contribution in [2.24, 2.45) is 0 Å². The fourth-order valence-electron chi connectivity index (χ4n) is 1.02. The molecule has 6 heteroatoms. The maximum Gasteiger partial charge on any atom is 0.262 e. The summed E-state index contributed by atoms with van der Waals surface area (Å²) in [5, 5.41) is 0.560. The Bertz CT molecular complexity index is 486. The SMILES string of the molecule is Nc1nc2[nH]cc(I)c2c(=O)[nH]1. The van der Waals surface area contributed by atoms with Gasteiger partial charge in [-0.2, -0.15) is 4.98 Å². The van der Waals surface area contributed by atoms with E-state index in [4.69, 9.17) is 5.73 Å². The molecule has 0 unspecified atom stereocenters. The van der Waals surface area contributed by atoms with Crippen molar-refractivity contribution in [1.29, 1.82) is 0 Å². The number of nitrogens with zero attached hydrogens (tertiary/aromatic N) is 1. The van der Waals surface area contributed by atoms with Crippen LogP contribution in [-0.2, 0) is 0 Å². The average Bonchev–Trinajstić information content (AvgIpc) is 2.31. The van der Waals surface area contributed by atoms with Gasteiger partial charge in [0.1, 0.15) is 5.65 Å². The lowest BCUT2D eigenvalue weighted by molar-refractivity contribution is 1.17. The number of anilines is 1. The second-order valence-corrected chi connectivity index (χ2v) is 3.47. The van der Waals surface area contributed by atoms with Crippen LogP contribution in [0.15, 0.2) is 11.0 Å². The molecule has 0 aliphatic heterocycles. The summed E-state index contributed by atoms with van der Waals surface area (Å²) >= 11 is 2.06. The van der Waals surface area contributed by atoms with E-state index in [0.29, 0.717) is 11.0 Å². The summed E-state index contributed by atoms with van der Waals surface area (Å²) in [5.74, 6) is 0.130. The molecule has 0 aliphatic rings. The van der Waals surface area contributed by atoms with E-state index in [9.17, 15) is 4.79 Å². The minimum absolute atomic E-state index is 0.130. The van der Waals surface area contributed by atoms with Crippen molar-refractivity contribution in [3.05, 3.63) is 20.1 Å². The standard InChI is InChI=1S/C6H5IN4O/c7-2-1-9-4-3(2)5(12)11-6(8)10-4/h1H,(H4,8,9,10,11,12). The van der Waals surface area contributed by atoms with E-state index in [1.165, 1.54) is 0 Å². The van der Waals surface area contributed by atoms with Crippen LogP contribution in [0.2, 0.25) is 0 Å². The second-order valence-electron chi connectivity index (χ2n) is 2.31. The van der Waals surface area contributed by atoms with Crippen molar-refractivity contribution in [2.75, 3.05) is 5.73 Å². The van der Waals surface area contributed by atoms with Crippen LogP contribution in [0, 0.1) is 3.57 Å². The third-order valence-electron chi connectivity index (χ3n) is 1.51. The lowest BCUT2D eigenvalue weighted by Gasteiger charge is -1.91. The Labute approximate surface area is 80.5 Å². The number of fused-ring (bicyclic) bond motifs is 1. The number of nitrogens with two attached hydrogens (primary N) is 1. The number of nitrogen functional groups attached to an aromatic ring is 1. The summed E-state index contributed by atoms with van der Waals surface area (Å²) < 4.78 is 0.844. The summed E-state index contributed by atoms with van der Waals surface area (Å²) in [6.45, 7) is 0. The predicted molar refractivity (Wildman–Crippen MR) is 53.8 cm³/mol. The molecule has 0 aromatic carbocycles. The fraction of sp³-hybridized carbons (Fsp3) is 0. The Morgan fingerprint density at radius 3 is 3.08 bits per heavy atom. The van der Waals surface area contributed by atoms with Crippen molar-refractivity contribution in [2.45, 2.75) is 0 Å². The van der Waals surface area contributed by atoms with Gasteiger partial charge in [0.25, 0.3) is 5.56 Å². The molecule has 0 aliphatic carbocycles. The second kappa shape index (κ2) is 2.47. The van der Waals surface area contributed by atoms with E-state index in [2.05, 4.69) is 37.5 Å². The maximum absolute atomic E-state index is 11.3. The number of hydrogen-bond acceptors (Lipinski definition) is 3. The molecular weight excluding hydrogens is 271 g/mol. The molecule has 2 heterocycles. The average molecular weight is 276 g/mol. The van der Waals surface area contributed by atoms with E-state index >= 15 is 0 Å². The van der Waals surface area contributed by atoms with Gasteiger partial charge >= 0.3 is 0 Å². The monoisotopic (exact) mass is 276 g/mol.